The zero-order valence-electron chi connectivity index (χ0n) is 12.2. The predicted molar refractivity (Wildman–Crippen MR) is 77.5 cm³/mol. The van der Waals surface area contributed by atoms with E-state index in [1.807, 2.05) is 30.3 Å². The van der Waals surface area contributed by atoms with E-state index in [1.54, 1.807) is 0 Å². The second-order valence-corrected chi connectivity index (χ2v) is 5.28. The van der Waals surface area contributed by atoms with Crippen molar-refractivity contribution in [3.05, 3.63) is 35.9 Å². The molecular weight excluding hydrogens is 270 g/mol. The Balaban J connectivity index is 1.68. The maximum atomic E-state index is 11.7. The van der Waals surface area contributed by atoms with Crippen LogP contribution in [0.1, 0.15) is 31.2 Å². The maximum Gasteiger partial charge on any atom is 0.407 e. The SMILES string of the molecule is COC(=O)[C@H]1CC[C@@H](NC(=O)OCc2ccccc2)CC1. The zero-order chi connectivity index (χ0) is 15.1. The van der Waals surface area contributed by atoms with Crippen molar-refractivity contribution < 1.29 is 19.1 Å². The molecule has 1 aliphatic rings. The molecule has 114 valence electrons. The van der Waals surface area contributed by atoms with Gasteiger partial charge in [-0.3, -0.25) is 4.79 Å². The van der Waals surface area contributed by atoms with E-state index >= 15 is 0 Å². The normalized spacial score (nSPS) is 21.4. The molecule has 0 radical (unpaired) electrons. The Morgan fingerprint density at radius 3 is 2.43 bits per heavy atom. The molecular formula is C16H21NO4. The van der Waals surface area contributed by atoms with Gasteiger partial charge in [0.05, 0.1) is 13.0 Å². The summed E-state index contributed by atoms with van der Waals surface area (Å²) in [7, 11) is 1.41. The molecule has 0 aliphatic heterocycles. The lowest BCUT2D eigenvalue weighted by molar-refractivity contribution is -0.146. The molecule has 0 unspecified atom stereocenters. The van der Waals surface area contributed by atoms with Crippen LogP contribution in [-0.4, -0.2) is 25.2 Å². The van der Waals surface area contributed by atoms with Crippen LogP contribution >= 0.6 is 0 Å². The lowest BCUT2D eigenvalue weighted by atomic mass is 9.86. The molecule has 1 aromatic carbocycles. The van der Waals surface area contributed by atoms with Gasteiger partial charge in [0.2, 0.25) is 0 Å². The van der Waals surface area contributed by atoms with Crippen molar-refractivity contribution in [1.29, 1.82) is 0 Å². The number of ether oxygens (including phenoxy) is 2. The fourth-order valence-electron chi connectivity index (χ4n) is 2.57. The van der Waals surface area contributed by atoms with Crippen molar-refractivity contribution in [3.63, 3.8) is 0 Å². The van der Waals surface area contributed by atoms with Gasteiger partial charge in [-0.1, -0.05) is 30.3 Å². The summed E-state index contributed by atoms with van der Waals surface area (Å²) in [6.45, 7) is 0.268. The third kappa shape index (κ3) is 4.77. The van der Waals surface area contributed by atoms with E-state index in [2.05, 4.69) is 5.32 Å². The van der Waals surface area contributed by atoms with E-state index in [4.69, 9.17) is 9.47 Å². The summed E-state index contributed by atoms with van der Waals surface area (Å²) in [5, 5.41) is 2.85. The number of methoxy groups -OCH3 is 1. The molecule has 0 heterocycles. The number of esters is 1. The summed E-state index contributed by atoms with van der Waals surface area (Å²) in [6.07, 6.45) is 2.65. The van der Waals surface area contributed by atoms with Gasteiger partial charge in [0.25, 0.3) is 0 Å². The zero-order valence-corrected chi connectivity index (χ0v) is 12.2. The third-order valence-corrected chi connectivity index (χ3v) is 3.80. The van der Waals surface area contributed by atoms with Crippen molar-refractivity contribution in [3.8, 4) is 0 Å². The first-order valence-corrected chi connectivity index (χ1v) is 7.24. The van der Waals surface area contributed by atoms with Crippen LogP contribution in [0.25, 0.3) is 0 Å². The number of benzene rings is 1. The molecule has 1 aromatic rings. The Bertz CT molecular complexity index is 466. The first kappa shape index (κ1) is 15.4. The van der Waals surface area contributed by atoms with E-state index in [0.717, 1.165) is 31.2 Å². The van der Waals surface area contributed by atoms with Crippen molar-refractivity contribution in [2.75, 3.05) is 7.11 Å². The highest BCUT2D eigenvalue weighted by atomic mass is 16.5. The second-order valence-electron chi connectivity index (χ2n) is 5.28. The summed E-state index contributed by atoms with van der Waals surface area (Å²) >= 11 is 0. The predicted octanol–water partition coefficient (Wildman–Crippen LogP) is 2.64. The molecule has 1 N–H and O–H groups in total. The molecule has 0 spiro atoms. The highest BCUT2D eigenvalue weighted by molar-refractivity contribution is 5.72. The Labute approximate surface area is 124 Å². The molecule has 0 saturated heterocycles. The Morgan fingerprint density at radius 1 is 1.14 bits per heavy atom. The van der Waals surface area contributed by atoms with Crippen LogP contribution in [0.4, 0.5) is 4.79 Å². The van der Waals surface area contributed by atoms with Crippen LogP contribution in [0, 0.1) is 5.92 Å². The Morgan fingerprint density at radius 2 is 1.81 bits per heavy atom. The molecule has 21 heavy (non-hydrogen) atoms. The number of amides is 1. The van der Waals surface area contributed by atoms with Gasteiger partial charge in [-0.05, 0) is 31.2 Å². The summed E-state index contributed by atoms with van der Waals surface area (Å²) in [5.74, 6) is -0.187. The summed E-state index contributed by atoms with van der Waals surface area (Å²) in [5.41, 5.74) is 0.960. The highest BCUT2D eigenvalue weighted by Crippen LogP contribution is 2.25. The van der Waals surface area contributed by atoms with E-state index in [0.29, 0.717) is 0 Å². The molecule has 1 amide bonds. The van der Waals surface area contributed by atoms with Crippen LogP contribution in [0.5, 0.6) is 0 Å². The van der Waals surface area contributed by atoms with Crippen LogP contribution < -0.4 is 5.32 Å². The number of nitrogens with one attached hydrogen (secondary N) is 1. The standard InChI is InChI=1S/C16H21NO4/c1-20-15(18)13-7-9-14(10-8-13)17-16(19)21-11-12-5-3-2-4-6-12/h2-6,13-14H,7-11H2,1H3,(H,17,19)/t13-,14+. The monoisotopic (exact) mass is 291 g/mol. The second kappa shape index (κ2) is 7.67. The van der Waals surface area contributed by atoms with Gasteiger partial charge in [-0.25, -0.2) is 4.79 Å². The number of carbonyl (C=O) groups is 2. The van der Waals surface area contributed by atoms with Crippen LogP contribution in [0.15, 0.2) is 30.3 Å². The van der Waals surface area contributed by atoms with E-state index < -0.39 is 6.09 Å². The van der Waals surface area contributed by atoms with Gasteiger partial charge in [0.1, 0.15) is 6.61 Å². The first-order valence-electron chi connectivity index (χ1n) is 7.24. The molecule has 2 rings (SSSR count). The summed E-state index contributed by atoms with van der Waals surface area (Å²) < 4.78 is 9.93. The lowest BCUT2D eigenvalue weighted by Crippen LogP contribution is -2.39. The average molecular weight is 291 g/mol. The highest BCUT2D eigenvalue weighted by Gasteiger charge is 2.27. The Hall–Kier alpha value is -2.04. The molecule has 1 aliphatic carbocycles. The average Bonchev–Trinajstić information content (AvgIpc) is 2.54. The minimum Gasteiger partial charge on any atom is -0.469 e. The fourth-order valence-corrected chi connectivity index (χ4v) is 2.57. The Kier molecular flexibility index (Phi) is 5.60. The molecule has 5 heteroatoms. The summed E-state index contributed by atoms with van der Waals surface area (Å²) in [4.78, 5) is 23.2. The molecule has 5 nitrogen and oxygen atoms in total. The van der Waals surface area contributed by atoms with Gasteiger partial charge in [-0.15, -0.1) is 0 Å². The molecule has 1 saturated carbocycles. The maximum absolute atomic E-state index is 11.7. The first-order chi connectivity index (χ1) is 10.2. The topological polar surface area (TPSA) is 64.6 Å². The van der Waals surface area contributed by atoms with Gasteiger partial charge >= 0.3 is 12.1 Å². The number of alkyl carbamates (subject to hydrolysis) is 1. The van der Waals surface area contributed by atoms with E-state index in [9.17, 15) is 9.59 Å². The smallest absolute Gasteiger partial charge is 0.407 e. The van der Waals surface area contributed by atoms with Gasteiger partial charge in [0.15, 0.2) is 0 Å². The lowest BCUT2D eigenvalue weighted by Gasteiger charge is -2.27. The minimum absolute atomic E-state index is 0.0339. The number of hydrogen-bond acceptors (Lipinski definition) is 4. The third-order valence-electron chi connectivity index (χ3n) is 3.80. The summed E-state index contributed by atoms with van der Waals surface area (Å²) in [6, 6.07) is 9.64. The fraction of sp³-hybridized carbons (Fsp3) is 0.500. The molecule has 0 aromatic heterocycles. The largest absolute Gasteiger partial charge is 0.469 e. The number of rotatable bonds is 4. The molecule has 0 atom stereocenters. The number of carbonyl (C=O) groups excluding carboxylic acids is 2. The van der Waals surface area contributed by atoms with Crippen molar-refractivity contribution in [1.82, 2.24) is 5.32 Å². The van der Waals surface area contributed by atoms with Gasteiger partial charge in [-0.2, -0.15) is 0 Å². The minimum atomic E-state index is -0.402. The number of hydrogen-bond donors (Lipinski definition) is 1. The van der Waals surface area contributed by atoms with Gasteiger partial charge < -0.3 is 14.8 Å². The van der Waals surface area contributed by atoms with E-state index in [1.165, 1.54) is 7.11 Å². The van der Waals surface area contributed by atoms with Crippen molar-refractivity contribution >= 4 is 12.1 Å². The molecule has 1 fully saturated rings. The quantitative estimate of drug-likeness (QED) is 0.866. The van der Waals surface area contributed by atoms with Crippen molar-refractivity contribution in [2.45, 2.75) is 38.3 Å². The van der Waals surface area contributed by atoms with Gasteiger partial charge in [0, 0.05) is 6.04 Å². The van der Waals surface area contributed by atoms with Crippen molar-refractivity contribution in [2.24, 2.45) is 5.92 Å². The molecule has 0 bridgehead atoms. The van der Waals surface area contributed by atoms with E-state index in [-0.39, 0.29) is 24.5 Å². The van der Waals surface area contributed by atoms with Crippen LogP contribution in [0.3, 0.4) is 0 Å². The van der Waals surface area contributed by atoms with Crippen LogP contribution in [0.2, 0.25) is 0 Å². The van der Waals surface area contributed by atoms with Crippen LogP contribution in [-0.2, 0) is 20.9 Å².